The van der Waals surface area contributed by atoms with Gasteiger partial charge in [-0.3, -0.25) is 4.79 Å². The van der Waals surface area contributed by atoms with Crippen LogP contribution >= 0.6 is 0 Å². The van der Waals surface area contributed by atoms with Crippen molar-refractivity contribution in [2.75, 3.05) is 33.5 Å². The van der Waals surface area contributed by atoms with Crippen LogP contribution in [-0.4, -0.2) is 45.3 Å². The first-order valence-corrected chi connectivity index (χ1v) is 5.50. The summed E-state index contributed by atoms with van der Waals surface area (Å²) < 4.78 is 21.4. The van der Waals surface area contributed by atoms with Gasteiger partial charge in [0, 0.05) is 25.4 Å². The Morgan fingerprint density at radius 2 is 1.81 bits per heavy atom. The largest absolute Gasteiger partial charge is 0.377 e. The Labute approximate surface area is 95.0 Å². The maximum absolute atomic E-state index is 11.3. The highest BCUT2D eigenvalue weighted by Gasteiger charge is 2.50. The van der Waals surface area contributed by atoms with Crippen LogP contribution in [0, 0.1) is 5.41 Å². The third kappa shape index (κ3) is 2.43. The van der Waals surface area contributed by atoms with Crippen LogP contribution in [0.2, 0.25) is 0 Å². The number of carbonyl (C=O) groups is 1. The lowest BCUT2D eigenvalue weighted by atomic mass is 9.91. The van der Waals surface area contributed by atoms with E-state index in [1.165, 1.54) is 7.11 Å². The Balaban J connectivity index is 1.83. The highest BCUT2D eigenvalue weighted by molar-refractivity contribution is 5.79. The van der Waals surface area contributed by atoms with E-state index in [2.05, 4.69) is 6.92 Å². The fourth-order valence-electron chi connectivity index (χ4n) is 1.84. The molecule has 3 aliphatic heterocycles. The second kappa shape index (κ2) is 4.41. The van der Waals surface area contributed by atoms with Crippen molar-refractivity contribution in [2.45, 2.75) is 25.7 Å². The van der Waals surface area contributed by atoms with E-state index in [4.69, 9.17) is 18.9 Å². The zero-order chi connectivity index (χ0) is 11.6. The van der Waals surface area contributed by atoms with Gasteiger partial charge in [-0.2, -0.15) is 0 Å². The first-order chi connectivity index (χ1) is 7.58. The third-order valence-electron chi connectivity index (χ3n) is 2.94. The van der Waals surface area contributed by atoms with Crippen molar-refractivity contribution in [1.29, 1.82) is 0 Å². The van der Waals surface area contributed by atoms with Crippen LogP contribution in [-0.2, 0) is 23.7 Å². The van der Waals surface area contributed by atoms with Crippen molar-refractivity contribution in [1.82, 2.24) is 0 Å². The maximum Gasteiger partial charge on any atom is 0.283 e. The van der Waals surface area contributed by atoms with Gasteiger partial charge in [0.2, 0.25) is 0 Å². The molecule has 3 heterocycles. The lowest BCUT2D eigenvalue weighted by molar-refractivity contribution is -0.467. The molecule has 3 saturated heterocycles. The summed E-state index contributed by atoms with van der Waals surface area (Å²) in [6, 6.07) is 0. The highest BCUT2D eigenvalue weighted by Crippen LogP contribution is 2.40. The zero-order valence-corrected chi connectivity index (χ0v) is 9.78. The Bertz CT molecular complexity index is 251. The Morgan fingerprint density at radius 1 is 1.25 bits per heavy atom. The second-order valence-electron chi connectivity index (χ2n) is 4.83. The number of methoxy groups -OCH3 is 1. The van der Waals surface area contributed by atoms with E-state index in [0.29, 0.717) is 32.7 Å². The van der Waals surface area contributed by atoms with Gasteiger partial charge in [0.05, 0.1) is 19.8 Å². The molecule has 0 radical (unpaired) electrons. The molecular formula is C11H18O5. The van der Waals surface area contributed by atoms with Gasteiger partial charge in [-0.25, -0.2) is 0 Å². The highest BCUT2D eigenvalue weighted by atomic mass is 16.9. The molecule has 5 heteroatoms. The molecule has 3 rings (SSSR count). The van der Waals surface area contributed by atoms with Crippen molar-refractivity contribution in [3.05, 3.63) is 0 Å². The predicted molar refractivity (Wildman–Crippen MR) is 54.8 cm³/mol. The van der Waals surface area contributed by atoms with E-state index in [9.17, 15) is 4.79 Å². The Morgan fingerprint density at radius 3 is 2.31 bits per heavy atom. The van der Waals surface area contributed by atoms with Gasteiger partial charge < -0.3 is 18.9 Å². The number of Topliss-reactive ketones (excluding diaryl/α,β-unsaturated/α-hetero) is 1. The number of ketones is 1. The first-order valence-electron chi connectivity index (χ1n) is 5.50. The van der Waals surface area contributed by atoms with Crippen molar-refractivity contribution in [2.24, 2.45) is 5.41 Å². The fourth-order valence-corrected chi connectivity index (χ4v) is 1.84. The van der Waals surface area contributed by atoms with E-state index in [1.807, 2.05) is 0 Å². The van der Waals surface area contributed by atoms with Crippen LogP contribution in [0.3, 0.4) is 0 Å². The SMILES string of the molecule is COCC(=O)CCC12OCC(C)(CO1)CO2. The van der Waals surface area contributed by atoms with Gasteiger partial charge >= 0.3 is 0 Å². The van der Waals surface area contributed by atoms with Crippen LogP contribution in [0.5, 0.6) is 0 Å². The minimum Gasteiger partial charge on any atom is -0.377 e. The normalized spacial score (nSPS) is 37.6. The van der Waals surface area contributed by atoms with Crippen LogP contribution in [0.1, 0.15) is 19.8 Å². The van der Waals surface area contributed by atoms with Gasteiger partial charge in [-0.05, 0) is 0 Å². The molecule has 0 atom stereocenters. The van der Waals surface area contributed by atoms with Crippen molar-refractivity contribution in [3.63, 3.8) is 0 Å². The van der Waals surface area contributed by atoms with Gasteiger partial charge in [0.1, 0.15) is 6.61 Å². The lowest BCUT2D eigenvalue weighted by Gasteiger charge is -2.50. The van der Waals surface area contributed by atoms with Crippen LogP contribution in [0.4, 0.5) is 0 Å². The molecule has 0 aromatic rings. The van der Waals surface area contributed by atoms with Gasteiger partial charge in [-0.15, -0.1) is 0 Å². The topological polar surface area (TPSA) is 54.0 Å². The second-order valence-corrected chi connectivity index (χ2v) is 4.83. The van der Waals surface area contributed by atoms with Crippen LogP contribution in [0.15, 0.2) is 0 Å². The van der Waals surface area contributed by atoms with E-state index in [-0.39, 0.29) is 17.8 Å². The van der Waals surface area contributed by atoms with E-state index >= 15 is 0 Å². The predicted octanol–water partition coefficient (Wildman–Crippen LogP) is 0.719. The number of ether oxygens (including phenoxy) is 4. The number of rotatable bonds is 5. The van der Waals surface area contributed by atoms with Crippen molar-refractivity contribution >= 4 is 5.78 Å². The maximum atomic E-state index is 11.3. The molecule has 0 amide bonds. The molecule has 16 heavy (non-hydrogen) atoms. The zero-order valence-electron chi connectivity index (χ0n) is 9.78. The molecule has 3 aliphatic rings. The summed E-state index contributed by atoms with van der Waals surface area (Å²) in [5.74, 6) is -0.951. The number of fused-ring (bicyclic) bond motifs is 3. The molecule has 0 aromatic heterocycles. The molecule has 2 bridgehead atoms. The molecule has 92 valence electrons. The molecule has 5 nitrogen and oxygen atoms in total. The van der Waals surface area contributed by atoms with Crippen LogP contribution < -0.4 is 0 Å². The number of hydrogen-bond acceptors (Lipinski definition) is 5. The summed E-state index contributed by atoms with van der Waals surface area (Å²) in [5.41, 5.74) is -0.0295. The molecule has 0 unspecified atom stereocenters. The molecule has 0 saturated carbocycles. The van der Waals surface area contributed by atoms with Gasteiger partial charge in [-0.1, -0.05) is 6.92 Å². The monoisotopic (exact) mass is 230 g/mol. The van der Waals surface area contributed by atoms with Gasteiger partial charge in [0.25, 0.3) is 5.97 Å². The van der Waals surface area contributed by atoms with Gasteiger partial charge in [0.15, 0.2) is 5.78 Å². The average molecular weight is 230 g/mol. The summed E-state index contributed by atoms with van der Waals surface area (Å²) in [6.45, 7) is 4.09. The summed E-state index contributed by atoms with van der Waals surface area (Å²) in [4.78, 5) is 11.3. The standard InChI is InChI=1S/C11H18O5/c1-10-6-14-11(15-7-10,16-8-10)4-3-9(12)5-13-2/h3-8H2,1-2H3. The minimum atomic E-state index is -0.985. The smallest absolute Gasteiger partial charge is 0.283 e. The van der Waals surface area contributed by atoms with Crippen molar-refractivity contribution in [3.8, 4) is 0 Å². The van der Waals surface area contributed by atoms with Crippen molar-refractivity contribution < 1.29 is 23.7 Å². The lowest BCUT2D eigenvalue weighted by Crippen LogP contribution is -2.58. The average Bonchev–Trinajstić information content (AvgIpc) is 2.29. The summed E-state index contributed by atoms with van der Waals surface area (Å²) in [7, 11) is 1.51. The molecule has 0 spiro atoms. The Kier molecular flexibility index (Phi) is 3.30. The summed E-state index contributed by atoms with van der Waals surface area (Å²) in [6.07, 6.45) is 0.788. The van der Waals surface area contributed by atoms with Crippen LogP contribution in [0.25, 0.3) is 0 Å². The first kappa shape index (κ1) is 12.0. The molecule has 0 N–H and O–H groups in total. The molecule has 3 fully saturated rings. The minimum absolute atomic E-state index is 0.0295. The number of hydrogen-bond donors (Lipinski definition) is 0. The summed E-state index contributed by atoms with van der Waals surface area (Å²) >= 11 is 0. The van der Waals surface area contributed by atoms with E-state index in [0.717, 1.165) is 0 Å². The fraction of sp³-hybridized carbons (Fsp3) is 0.909. The molecular weight excluding hydrogens is 212 g/mol. The summed E-state index contributed by atoms with van der Waals surface area (Å²) in [5, 5.41) is 0. The third-order valence-corrected chi connectivity index (χ3v) is 2.94. The molecule has 0 aromatic carbocycles. The molecule has 0 aliphatic carbocycles. The van der Waals surface area contributed by atoms with E-state index in [1.54, 1.807) is 0 Å². The Hall–Kier alpha value is -0.490. The quantitative estimate of drug-likeness (QED) is 0.696. The van der Waals surface area contributed by atoms with E-state index < -0.39 is 5.97 Å². The number of carbonyl (C=O) groups excluding carboxylic acids is 1.